The van der Waals surface area contributed by atoms with Crippen LogP contribution in [0, 0.1) is 14.8 Å². The van der Waals surface area contributed by atoms with E-state index in [-0.39, 0.29) is 59.1 Å². The van der Waals surface area contributed by atoms with Gasteiger partial charge in [0, 0.05) is 10.4 Å². The molecule has 0 aromatic heterocycles. The molecule has 0 rings (SSSR count). The third kappa shape index (κ3) is 257. The Morgan fingerprint density at radius 1 is 1.09 bits per heavy atom. The van der Waals surface area contributed by atoms with Crippen LogP contribution in [-0.4, -0.2) is 21.7 Å². The molecule has 0 fully saturated rings. The summed E-state index contributed by atoms with van der Waals surface area (Å²) < 4.78 is 58.4. The Morgan fingerprint density at radius 3 is 1.09 bits per heavy atom. The summed E-state index contributed by atoms with van der Waals surface area (Å²) in [6, 6.07) is 0. The van der Waals surface area contributed by atoms with Gasteiger partial charge in [0.15, 0.2) is 0 Å². The average Bonchev–Trinajstić information content (AvgIpc) is 1.19. The Morgan fingerprint density at radius 2 is 1.09 bits per heavy atom. The van der Waals surface area contributed by atoms with Gasteiger partial charge < -0.3 is 17.5 Å². The van der Waals surface area contributed by atoms with E-state index in [1.807, 2.05) is 0 Å². The molecule has 0 aromatic rings. The van der Waals surface area contributed by atoms with E-state index in [0.29, 0.717) is 0 Å². The zero-order valence-corrected chi connectivity index (χ0v) is 12.1. The van der Waals surface area contributed by atoms with Crippen LogP contribution >= 0.6 is 0 Å². The Kier molecular flexibility index (Phi) is 25.8. The minimum absolute atomic E-state index is 0. The second-order valence-electron chi connectivity index (χ2n) is 0.609. The summed E-state index contributed by atoms with van der Waals surface area (Å²) in [4.78, 5) is 0. The standard InChI is InChI=1S/BrHO3.2Na.H2O4S/c2-1(3)4;;;1-5(2,3)4/h2H;;;(H2,1,2,3,4)/q;2*+1;/p-2. The van der Waals surface area contributed by atoms with Crippen molar-refractivity contribution in [3.8, 4) is 0 Å². The van der Waals surface area contributed by atoms with Crippen LogP contribution in [0.1, 0.15) is 0 Å². The summed E-state index contributed by atoms with van der Waals surface area (Å²) in [7, 11) is -5.17. The molecule has 0 spiro atoms. The van der Waals surface area contributed by atoms with Crippen LogP contribution in [0.25, 0.3) is 0 Å². The molecule has 0 aromatic carbocycles. The first-order valence-corrected chi connectivity index (χ1v) is 4.48. The molecule has 0 aliphatic carbocycles. The van der Waals surface area contributed by atoms with E-state index < -0.39 is 25.2 Å². The fourth-order valence-electron chi connectivity index (χ4n) is 0. The molecule has 0 amide bonds. The first-order valence-electron chi connectivity index (χ1n) is 1.14. The number of rotatable bonds is 0. The Labute approximate surface area is 113 Å². The van der Waals surface area contributed by atoms with Crippen molar-refractivity contribution in [2.45, 2.75) is 0 Å². The number of halogens is 1. The van der Waals surface area contributed by atoms with Gasteiger partial charge >= 0.3 is 73.9 Å². The van der Waals surface area contributed by atoms with Crippen LogP contribution < -0.4 is 67.5 Å². The predicted octanol–water partition coefficient (Wildman–Crippen LogP) is -10.3. The largest absolute Gasteiger partial charge is 1.00 e. The normalized spacial score (nSPS) is 8.55. The van der Waals surface area contributed by atoms with Crippen molar-refractivity contribution in [1.82, 2.24) is 0 Å². The van der Waals surface area contributed by atoms with Gasteiger partial charge in [0.2, 0.25) is 0 Å². The van der Waals surface area contributed by atoms with Gasteiger partial charge in [-0.2, -0.15) is 0 Å². The molecule has 11 heteroatoms. The molecule has 0 bridgehead atoms. The molecule has 0 atom stereocenters. The van der Waals surface area contributed by atoms with Gasteiger partial charge in [-0.25, -0.2) is 0 Å². The van der Waals surface area contributed by atoms with Gasteiger partial charge in [-0.3, -0.25) is 8.42 Å². The van der Waals surface area contributed by atoms with Crippen molar-refractivity contribution in [2.75, 3.05) is 0 Å². The second-order valence-corrected chi connectivity index (χ2v) is 2.27. The summed E-state index contributed by atoms with van der Waals surface area (Å²) >= 11 is -3.40. The molecule has 11 heavy (non-hydrogen) atoms. The monoisotopic (exact) mass is 270 g/mol. The smallest absolute Gasteiger partial charge is 0.759 e. The third-order valence-corrected chi connectivity index (χ3v) is 0. The molecule has 0 unspecified atom stereocenters. The predicted molar refractivity (Wildman–Crippen MR) is 12.7 cm³/mol. The zero-order valence-electron chi connectivity index (χ0n) is 5.68. The topological polar surface area (TPSA) is 147 Å². The molecule has 0 radical (unpaired) electrons. The third-order valence-electron chi connectivity index (χ3n) is 0. The van der Waals surface area contributed by atoms with Crippen molar-refractivity contribution in [2.24, 2.45) is 0 Å². The van der Waals surface area contributed by atoms with E-state index in [9.17, 15) is 0 Å². The molecule has 0 aliphatic rings. The van der Waals surface area contributed by atoms with Crippen LogP contribution in [-0.2, 0) is 10.4 Å². The minimum Gasteiger partial charge on any atom is -0.759 e. The van der Waals surface area contributed by atoms with Crippen LogP contribution in [0.15, 0.2) is 0 Å². The van der Waals surface area contributed by atoms with Crippen LogP contribution in [0.2, 0.25) is 0 Å². The van der Waals surface area contributed by atoms with E-state index in [0.717, 1.165) is 0 Å². The maximum Gasteiger partial charge on any atom is 1.00 e. The molecule has 1 N–H and O–H groups in total. The fourth-order valence-corrected chi connectivity index (χ4v) is 0. The Bertz CT molecular complexity index is 128. The molecule has 58 valence electrons. The summed E-state index contributed by atoms with van der Waals surface area (Å²) in [5, 5.41) is 0. The van der Waals surface area contributed by atoms with E-state index in [2.05, 4.69) is 0 Å². The van der Waals surface area contributed by atoms with Crippen LogP contribution in [0.4, 0.5) is 0 Å². The molecule has 0 heterocycles. The van der Waals surface area contributed by atoms with Crippen LogP contribution in [0.5, 0.6) is 0 Å². The minimum atomic E-state index is -5.17. The van der Waals surface area contributed by atoms with Crippen molar-refractivity contribution < 1.29 is 104 Å². The molecule has 0 saturated heterocycles. The molecular weight excluding hydrogens is 270 g/mol. The summed E-state index contributed by atoms with van der Waals surface area (Å²) in [6.45, 7) is 0. The summed E-state index contributed by atoms with van der Waals surface area (Å²) in [6.07, 6.45) is 0. The van der Waals surface area contributed by atoms with Crippen molar-refractivity contribution in [3.05, 3.63) is 0 Å². The first kappa shape index (κ1) is 23.2. The van der Waals surface area contributed by atoms with E-state index in [1.54, 1.807) is 0 Å². The number of hydrogen-bond acceptors (Lipinski definition) is 7. The maximum atomic E-state index is 8.63. The van der Waals surface area contributed by atoms with Crippen LogP contribution in [0.3, 0.4) is 0 Å². The molecule has 7 nitrogen and oxygen atoms in total. The first-order chi connectivity index (χ1) is 3.73. The SMILES string of the molecule is O=S(=O)([O-])[O-].[Na+].[Na+].[O-][Br+2]([O-])O. The van der Waals surface area contributed by atoms with Gasteiger partial charge in [-0.05, 0) is 4.20 Å². The van der Waals surface area contributed by atoms with Crippen molar-refractivity contribution >= 4 is 10.4 Å². The van der Waals surface area contributed by atoms with Gasteiger partial charge in [-0.1, -0.05) is 0 Å². The maximum absolute atomic E-state index is 8.63. The molecule has 0 saturated carbocycles. The molecular formula is HBrNa2O7S. The zero-order chi connectivity index (χ0) is 8.08. The van der Waals surface area contributed by atoms with Gasteiger partial charge in [-0.15, -0.1) is 0 Å². The Balaban J connectivity index is -0.0000000383. The van der Waals surface area contributed by atoms with E-state index >= 15 is 0 Å². The van der Waals surface area contributed by atoms with Gasteiger partial charge in [0.25, 0.3) is 0 Å². The summed E-state index contributed by atoms with van der Waals surface area (Å²) in [5.74, 6) is 0. The van der Waals surface area contributed by atoms with Gasteiger partial charge in [0.05, 0.1) is 0 Å². The van der Waals surface area contributed by atoms with E-state index in [1.165, 1.54) is 0 Å². The van der Waals surface area contributed by atoms with Gasteiger partial charge in [0.1, 0.15) is 0 Å². The average molecular weight is 271 g/mol. The fraction of sp³-hybridized carbons (Fsp3) is 0. The summed E-state index contributed by atoms with van der Waals surface area (Å²) in [5.41, 5.74) is 0. The second kappa shape index (κ2) is 12.2. The molecule has 0 aliphatic heterocycles. The number of hydrogen-bond donors (Lipinski definition) is 1. The van der Waals surface area contributed by atoms with Crippen molar-refractivity contribution in [1.29, 1.82) is 0 Å². The Hall–Kier alpha value is 2.23. The van der Waals surface area contributed by atoms with E-state index in [4.69, 9.17) is 30.1 Å². The quantitative estimate of drug-likeness (QED) is 0.261. The van der Waals surface area contributed by atoms with Crippen molar-refractivity contribution in [3.63, 3.8) is 0 Å².